The Bertz CT molecular complexity index is 1650. The van der Waals surface area contributed by atoms with Gasteiger partial charge in [-0.2, -0.15) is 0 Å². The van der Waals surface area contributed by atoms with Crippen molar-refractivity contribution in [1.29, 1.82) is 0 Å². The first-order chi connectivity index (χ1) is 18.3. The van der Waals surface area contributed by atoms with Crippen LogP contribution in [-0.2, 0) is 4.79 Å². The molecule has 0 atom stereocenters. The highest BCUT2D eigenvalue weighted by Gasteiger charge is 2.27. The van der Waals surface area contributed by atoms with Gasteiger partial charge < -0.3 is 13.9 Å². The molecule has 0 saturated carbocycles. The zero-order valence-electron chi connectivity index (χ0n) is 19.9. The lowest BCUT2D eigenvalue weighted by molar-refractivity contribution is -0.115. The van der Waals surface area contributed by atoms with Gasteiger partial charge in [0.2, 0.25) is 11.2 Å². The van der Waals surface area contributed by atoms with Crippen LogP contribution in [0.2, 0.25) is 0 Å². The van der Waals surface area contributed by atoms with Gasteiger partial charge in [-0.25, -0.2) is 8.78 Å². The molecule has 0 aliphatic carbocycles. The number of halogens is 2. The summed E-state index contributed by atoms with van der Waals surface area (Å²) in [6.07, 6.45) is 0. The average molecular weight is 536 g/mol. The summed E-state index contributed by atoms with van der Waals surface area (Å²) < 4.78 is 44.5. The summed E-state index contributed by atoms with van der Waals surface area (Å²) in [5.41, 5.74) is 1.45. The van der Waals surface area contributed by atoms with E-state index in [-0.39, 0.29) is 35.7 Å². The second kappa shape index (κ2) is 10.5. The van der Waals surface area contributed by atoms with E-state index in [0.29, 0.717) is 21.8 Å². The van der Waals surface area contributed by atoms with Gasteiger partial charge in [-0.15, -0.1) is 0 Å². The molecule has 1 aromatic heterocycles. The number of hydrogen-bond donors (Lipinski definition) is 1. The predicted octanol–water partition coefficient (Wildman–Crippen LogP) is 5.91. The Kier molecular flexibility index (Phi) is 6.97. The third kappa shape index (κ3) is 5.16. The largest absolute Gasteiger partial charge is 0.490 e. The first-order valence-corrected chi connectivity index (χ1v) is 12.2. The van der Waals surface area contributed by atoms with E-state index >= 15 is 0 Å². The smallest absolute Gasteiger partial charge is 0.290 e. The van der Waals surface area contributed by atoms with Gasteiger partial charge in [-0.3, -0.25) is 19.7 Å². The minimum Gasteiger partial charge on any atom is -0.490 e. The third-order valence-corrected chi connectivity index (χ3v) is 6.74. The maximum Gasteiger partial charge on any atom is 0.290 e. The second-order valence-corrected chi connectivity index (χ2v) is 9.24. The van der Waals surface area contributed by atoms with Gasteiger partial charge in [0.1, 0.15) is 36.2 Å². The Morgan fingerprint density at radius 2 is 1.58 bits per heavy atom. The van der Waals surface area contributed by atoms with E-state index in [1.54, 1.807) is 31.2 Å². The van der Waals surface area contributed by atoms with E-state index in [4.69, 9.17) is 13.9 Å². The van der Waals surface area contributed by atoms with E-state index in [0.717, 1.165) is 23.4 Å². The van der Waals surface area contributed by atoms with Crippen LogP contribution < -0.4 is 20.2 Å². The Balaban J connectivity index is 1.32. The van der Waals surface area contributed by atoms with Crippen LogP contribution in [0, 0.1) is 11.6 Å². The van der Waals surface area contributed by atoms with Crippen LogP contribution in [-0.4, -0.2) is 24.4 Å². The number of imide groups is 1. The van der Waals surface area contributed by atoms with Crippen molar-refractivity contribution in [3.63, 3.8) is 0 Å². The van der Waals surface area contributed by atoms with E-state index in [2.05, 4.69) is 5.32 Å². The number of ether oxygens (including phenoxy) is 2. The normalized spacial score (nSPS) is 14.5. The molecule has 4 aromatic rings. The zero-order chi connectivity index (χ0) is 26.8. The molecule has 3 aromatic carbocycles. The number of rotatable bonds is 7. The molecule has 2 amide bonds. The lowest BCUT2D eigenvalue weighted by Crippen LogP contribution is -2.18. The third-order valence-electron chi connectivity index (χ3n) is 5.76. The molecule has 1 saturated heterocycles. The molecular formula is C28H19F2NO6S. The highest BCUT2D eigenvalue weighted by atomic mass is 32.2. The zero-order valence-corrected chi connectivity index (χ0v) is 20.7. The number of allylic oxidation sites excluding steroid dienone is 1. The lowest BCUT2D eigenvalue weighted by Gasteiger charge is -2.13. The number of amides is 2. The summed E-state index contributed by atoms with van der Waals surface area (Å²) in [5, 5.41) is 1.85. The van der Waals surface area contributed by atoms with E-state index in [1.165, 1.54) is 36.4 Å². The van der Waals surface area contributed by atoms with E-state index in [9.17, 15) is 23.2 Å². The maximum absolute atomic E-state index is 13.8. The van der Waals surface area contributed by atoms with Gasteiger partial charge in [0.05, 0.1) is 10.3 Å². The summed E-state index contributed by atoms with van der Waals surface area (Å²) in [6.45, 7) is 1.78. The number of carbonyl (C=O) groups is 2. The van der Waals surface area contributed by atoms with Crippen LogP contribution in [0.5, 0.6) is 11.5 Å². The van der Waals surface area contributed by atoms with Crippen molar-refractivity contribution in [1.82, 2.24) is 5.32 Å². The molecule has 1 aliphatic rings. The SMILES string of the molecule is C/C(=C1/SC(=O)NC1=O)c1ccc(OCCOc2c(-c3ccc(F)cc3)oc3ccc(F)cc3c2=O)cc1. The topological polar surface area (TPSA) is 94.8 Å². The number of carbonyl (C=O) groups excluding carboxylic acids is 2. The van der Waals surface area contributed by atoms with E-state index in [1.807, 2.05) is 0 Å². The number of nitrogens with one attached hydrogen (secondary N) is 1. The van der Waals surface area contributed by atoms with Crippen LogP contribution in [0.4, 0.5) is 13.6 Å². The molecule has 1 aliphatic heterocycles. The van der Waals surface area contributed by atoms with Gasteiger partial charge in [0, 0.05) is 5.56 Å². The molecule has 0 unspecified atom stereocenters. The second-order valence-electron chi connectivity index (χ2n) is 8.26. The number of thioether (sulfide) groups is 1. The number of benzene rings is 3. The summed E-state index contributed by atoms with van der Waals surface area (Å²) >= 11 is 0.858. The van der Waals surface area contributed by atoms with Gasteiger partial charge >= 0.3 is 0 Å². The fourth-order valence-electron chi connectivity index (χ4n) is 3.87. The van der Waals surface area contributed by atoms with Crippen molar-refractivity contribution in [3.05, 3.63) is 99.1 Å². The van der Waals surface area contributed by atoms with Gasteiger partial charge in [-0.05, 0) is 84.4 Å². The lowest BCUT2D eigenvalue weighted by atomic mass is 10.1. The fourth-order valence-corrected chi connectivity index (χ4v) is 4.61. The summed E-state index contributed by atoms with van der Waals surface area (Å²) in [6, 6.07) is 15.9. The van der Waals surface area contributed by atoms with Crippen LogP contribution in [0.25, 0.3) is 27.9 Å². The predicted molar refractivity (Wildman–Crippen MR) is 139 cm³/mol. The molecule has 0 bridgehead atoms. The molecule has 1 fully saturated rings. The number of hydrogen-bond acceptors (Lipinski definition) is 7. The molecule has 0 radical (unpaired) electrons. The highest BCUT2D eigenvalue weighted by molar-refractivity contribution is 8.18. The first kappa shape index (κ1) is 25.2. The Morgan fingerprint density at radius 1 is 0.895 bits per heavy atom. The van der Waals surface area contributed by atoms with Gasteiger partial charge in [0.15, 0.2) is 5.76 Å². The minimum atomic E-state index is -0.596. The van der Waals surface area contributed by atoms with Crippen molar-refractivity contribution in [2.24, 2.45) is 0 Å². The summed E-state index contributed by atoms with van der Waals surface area (Å²) in [4.78, 5) is 36.8. The van der Waals surface area contributed by atoms with Crippen LogP contribution in [0.3, 0.4) is 0 Å². The molecule has 0 spiro atoms. The quantitative estimate of drug-likeness (QED) is 0.232. The Hall–Kier alpha value is -4.44. The highest BCUT2D eigenvalue weighted by Crippen LogP contribution is 2.33. The first-order valence-electron chi connectivity index (χ1n) is 11.4. The standard InChI is InChI=1S/C28H19F2NO6S/c1-15(26-27(33)31-28(34)38-26)16-4-9-20(10-5-16)35-12-13-36-25-23(32)21-14-19(30)8-11-22(21)37-24(25)17-2-6-18(29)7-3-17/h2-11,14H,12-13H2,1H3,(H,31,33,34)/b26-15-. The summed E-state index contributed by atoms with van der Waals surface area (Å²) in [5.74, 6) is -1.00. The van der Waals surface area contributed by atoms with Crippen molar-refractivity contribution in [3.8, 4) is 22.8 Å². The van der Waals surface area contributed by atoms with Crippen LogP contribution >= 0.6 is 11.8 Å². The van der Waals surface area contributed by atoms with Gasteiger partial charge in [0.25, 0.3) is 11.1 Å². The van der Waals surface area contributed by atoms with Gasteiger partial charge in [-0.1, -0.05) is 12.1 Å². The minimum absolute atomic E-state index is 0.0164. The monoisotopic (exact) mass is 535 g/mol. The van der Waals surface area contributed by atoms with E-state index < -0.39 is 28.2 Å². The van der Waals surface area contributed by atoms with Crippen LogP contribution in [0.15, 0.2) is 80.8 Å². The molecule has 10 heteroatoms. The average Bonchev–Trinajstić information content (AvgIpc) is 3.26. The molecule has 5 rings (SSSR count). The fraction of sp³-hybridized carbons (Fsp3) is 0.107. The molecule has 2 heterocycles. The number of fused-ring (bicyclic) bond motifs is 1. The molecule has 7 nitrogen and oxygen atoms in total. The molecular weight excluding hydrogens is 516 g/mol. The van der Waals surface area contributed by atoms with Crippen LogP contribution in [0.1, 0.15) is 12.5 Å². The van der Waals surface area contributed by atoms with Crippen molar-refractivity contribution in [2.75, 3.05) is 13.2 Å². The van der Waals surface area contributed by atoms with Crippen molar-refractivity contribution < 1.29 is 32.3 Å². The Labute approximate surface area is 219 Å². The molecule has 192 valence electrons. The van der Waals surface area contributed by atoms with Crippen molar-refractivity contribution in [2.45, 2.75) is 6.92 Å². The summed E-state index contributed by atoms with van der Waals surface area (Å²) in [7, 11) is 0. The molecule has 1 N–H and O–H groups in total. The van der Waals surface area contributed by atoms with Crippen molar-refractivity contribution >= 4 is 39.5 Å². The molecule has 38 heavy (non-hydrogen) atoms. The maximum atomic E-state index is 13.8. The Morgan fingerprint density at radius 3 is 2.26 bits per heavy atom.